The first-order valence-corrected chi connectivity index (χ1v) is 11.6. The highest BCUT2D eigenvalue weighted by molar-refractivity contribution is 6.04. The Morgan fingerprint density at radius 3 is 2.11 bits per heavy atom. The average molecular weight is 463 g/mol. The molecule has 3 N–H and O–H groups in total. The van der Waals surface area contributed by atoms with Crippen molar-refractivity contribution in [3.05, 3.63) is 119 Å². The lowest BCUT2D eigenvalue weighted by atomic mass is 10.0. The summed E-state index contributed by atoms with van der Waals surface area (Å²) in [6, 6.07) is 30.2. The van der Waals surface area contributed by atoms with Crippen molar-refractivity contribution in [2.75, 3.05) is 0 Å². The van der Waals surface area contributed by atoms with Gasteiger partial charge in [-0.15, -0.1) is 0 Å². The second kappa shape index (κ2) is 9.43. The molecule has 1 heterocycles. The van der Waals surface area contributed by atoms with Crippen molar-refractivity contribution in [3.8, 4) is 0 Å². The van der Waals surface area contributed by atoms with E-state index in [1.54, 1.807) is 17.0 Å². The molecule has 0 aromatic heterocycles. The molecule has 1 aliphatic rings. The molecular weight excluding hydrogens is 436 g/mol. The van der Waals surface area contributed by atoms with Gasteiger partial charge in [0.05, 0.1) is 6.54 Å². The van der Waals surface area contributed by atoms with Crippen LogP contribution in [0.25, 0.3) is 10.8 Å². The number of benzene rings is 4. The van der Waals surface area contributed by atoms with E-state index in [0.717, 1.165) is 27.5 Å². The molecule has 1 fully saturated rings. The number of rotatable bonds is 7. The van der Waals surface area contributed by atoms with Crippen LogP contribution in [0.15, 0.2) is 97.1 Å². The Bertz CT molecular complexity index is 1400. The Morgan fingerprint density at radius 1 is 0.743 bits per heavy atom. The van der Waals surface area contributed by atoms with E-state index in [2.05, 4.69) is 12.1 Å². The number of fused-ring (bicyclic) bond motifs is 1. The number of amidine groups is 1. The fraction of sp³-hybridized carbons (Fsp3) is 0.138. The zero-order chi connectivity index (χ0) is 24.4. The third-order valence-corrected chi connectivity index (χ3v) is 6.45. The minimum absolute atomic E-state index is 0.00404. The van der Waals surface area contributed by atoms with E-state index in [1.807, 2.05) is 72.8 Å². The number of urea groups is 1. The van der Waals surface area contributed by atoms with E-state index in [4.69, 9.17) is 11.1 Å². The maximum atomic E-state index is 13.5. The van der Waals surface area contributed by atoms with Crippen molar-refractivity contribution in [1.29, 1.82) is 5.41 Å². The van der Waals surface area contributed by atoms with Gasteiger partial charge in [-0.25, -0.2) is 4.79 Å². The standard InChI is InChI=1S/C29H26N4O2/c30-27(31)24-14-10-20(11-15-24)17-26-28(34)33(18-21-6-2-1-3-7-21)29(35)32(26)19-22-12-13-23-8-4-5-9-25(23)16-22/h1-16,26H,17-19H2,(H3,30,31)/t26-/m0/s1. The highest BCUT2D eigenvalue weighted by atomic mass is 16.2. The normalized spacial score (nSPS) is 15.7. The summed E-state index contributed by atoms with van der Waals surface area (Å²) in [5, 5.41) is 9.83. The van der Waals surface area contributed by atoms with Gasteiger partial charge in [0.25, 0.3) is 5.91 Å². The number of imide groups is 1. The van der Waals surface area contributed by atoms with Crippen LogP contribution in [0.5, 0.6) is 0 Å². The van der Waals surface area contributed by atoms with Crippen LogP contribution >= 0.6 is 0 Å². The molecule has 4 aromatic rings. The lowest BCUT2D eigenvalue weighted by Crippen LogP contribution is -2.36. The third-order valence-electron chi connectivity index (χ3n) is 6.45. The average Bonchev–Trinajstić information content (AvgIpc) is 3.09. The van der Waals surface area contributed by atoms with Crippen molar-refractivity contribution < 1.29 is 9.59 Å². The van der Waals surface area contributed by atoms with Gasteiger partial charge in [-0.2, -0.15) is 0 Å². The van der Waals surface area contributed by atoms with Gasteiger partial charge < -0.3 is 10.6 Å². The van der Waals surface area contributed by atoms with Crippen LogP contribution in [-0.4, -0.2) is 33.6 Å². The number of amides is 3. The molecule has 0 saturated carbocycles. The summed E-state index contributed by atoms with van der Waals surface area (Å²) < 4.78 is 0. The molecule has 6 heteroatoms. The van der Waals surface area contributed by atoms with Crippen molar-refractivity contribution >= 4 is 28.5 Å². The molecule has 35 heavy (non-hydrogen) atoms. The Kier molecular flexibility index (Phi) is 6.02. The van der Waals surface area contributed by atoms with E-state index in [-0.39, 0.29) is 24.3 Å². The summed E-state index contributed by atoms with van der Waals surface area (Å²) in [7, 11) is 0. The predicted molar refractivity (Wildman–Crippen MR) is 137 cm³/mol. The first-order chi connectivity index (χ1) is 17.0. The van der Waals surface area contributed by atoms with Gasteiger partial charge in [0.1, 0.15) is 11.9 Å². The van der Waals surface area contributed by atoms with Crippen LogP contribution < -0.4 is 5.73 Å². The lowest BCUT2D eigenvalue weighted by molar-refractivity contribution is -0.128. The topological polar surface area (TPSA) is 90.5 Å². The Balaban J connectivity index is 1.45. The molecule has 3 amide bonds. The van der Waals surface area contributed by atoms with Crippen molar-refractivity contribution in [3.63, 3.8) is 0 Å². The molecule has 6 nitrogen and oxygen atoms in total. The summed E-state index contributed by atoms with van der Waals surface area (Å²) in [5.41, 5.74) is 8.99. The van der Waals surface area contributed by atoms with Crippen molar-refractivity contribution in [1.82, 2.24) is 9.80 Å². The molecule has 0 spiro atoms. The van der Waals surface area contributed by atoms with Crippen LogP contribution in [0.2, 0.25) is 0 Å². The summed E-state index contributed by atoms with van der Waals surface area (Å²) in [6.07, 6.45) is 0.391. The van der Waals surface area contributed by atoms with Gasteiger partial charge in [0.2, 0.25) is 0 Å². The number of carbonyl (C=O) groups excluding carboxylic acids is 2. The van der Waals surface area contributed by atoms with Gasteiger partial charge in [-0.3, -0.25) is 15.1 Å². The van der Waals surface area contributed by atoms with Gasteiger partial charge in [0.15, 0.2) is 0 Å². The Morgan fingerprint density at radius 2 is 1.40 bits per heavy atom. The Hall–Kier alpha value is -4.45. The molecule has 0 bridgehead atoms. The molecule has 174 valence electrons. The lowest BCUT2D eigenvalue weighted by Gasteiger charge is -2.22. The first kappa shape index (κ1) is 22.3. The van der Waals surface area contributed by atoms with Crippen LogP contribution in [-0.2, 0) is 24.3 Å². The molecule has 1 saturated heterocycles. The van der Waals surface area contributed by atoms with Crippen LogP contribution in [0, 0.1) is 5.41 Å². The highest BCUT2D eigenvalue weighted by Crippen LogP contribution is 2.27. The van der Waals surface area contributed by atoms with Gasteiger partial charge in [-0.1, -0.05) is 91.0 Å². The number of nitrogens with two attached hydrogens (primary N) is 1. The van der Waals surface area contributed by atoms with Crippen LogP contribution in [0.3, 0.4) is 0 Å². The zero-order valence-electron chi connectivity index (χ0n) is 19.2. The largest absolute Gasteiger partial charge is 0.384 e. The molecule has 5 rings (SSSR count). The van der Waals surface area contributed by atoms with Crippen LogP contribution in [0.4, 0.5) is 4.79 Å². The van der Waals surface area contributed by atoms with E-state index in [0.29, 0.717) is 18.5 Å². The summed E-state index contributed by atoms with van der Waals surface area (Å²) in [5.74, 6) is -0.203. The van der Waals surface area contributed by atoms with E-state index in [1.165, 1.54) is 4.90 Å². The molecule has 1 aliphatic heterocycles. The second-order valence-electron chi connectivity index (χ2n) is 8.83. The first-order valence-electron chi connectivity index (χ1n) is 11.6. The molecule has 0 unspecified atom stereocenters. The van der Waals surface area contributed by atoms with Crippen molar-refractivity contribution in [2.45, 2.75) is 25.6 Å². The number of hydrogen-bond donors (Lipinski definition) is 2. The van der Waals surface area contributed by atoms with E-state index < -0.39 is 6.04 Å². The van der Waals surface area contributed by atoms with Crippen LogP contribution in [0.1, 0.15) is 22.3 Å². The molecule has 1 atom stereocenters. The van der Waals surface area contributed by atoms with Crippen molar-refractivity contribution in [2.24, 2.45) is 5.73 Å². The van der Waals surface area contributed by atoms with Gasteiger partial charge in [0, 0.05) is 18.5 Å². The molecule has 4 aromatic carbocycles. The maximum Gasteiger partial charge on any atom is 0.328 e. The fourth-order valence-electron chi connectivity index (χ4n) is 4.56. The monoisotopic (exact) mass is 462 g/mol. The minimum Gasteiger partial charge on any atom is -0.384 e. The summed E-state index contributed by atoms with van der Waals surface area (Å²) in [4.78, 5) is 30.1. The van der Waals surface area contributed by atoms with E-state index in [9.17, 15) is 9.59 Å². The SMILES string of the molecule is N=C(N)c1ccc(C[C@H]2C(=O)N(Cc3ccccc3)C(=O)N2Cc2ccc3ccccc3c2)cc1. The molecule has 0 radical (unpaired) electrons. The minimum atomic E-state index is -0.610. The highest BCUT2D eigenvalue weighted by Gasteiger charge is 2.44. The summed E-state index contributed by atoms with van der Waals surface area (Å²) >= 11 is 0. The number of hydrogen-bond acceptors (Lipinski definition) is 3. The number of nitrogens with zero attached hydrogens (tertiary/aromatic N) is 2. The smallest absolute Gasteiger partial charge is 0.328 e. The third kappa shape index (κ3) is 4.64. The number of carbonyl (C=O) groups is 2. The van der Waals surface area contributed by atoms with E-state index >= 15 is 0 Å². The quantitative estimate of drug-likeness (QED) is 0.237. The maximum absolute atomic E-state index is 13.5. The number of nitrogens with one attached hydrogen (secondary N) is 1. The predicted octanol–water partition coefficient (Wildman–Crippen LogP) is 4.70. The second-order valence-corrected chi connectivity index (χ2v) is 8.83. The summed E-state index contributed by atoms with van der Waals surface area (Å²) in [6.45, 7) is 0.587. The zero-order valence-corrected chi connectivity index (χ0v) is 19.2. The molecule has 0 aliphatic carbocycles. The van der Waals surface area contributed by atoms with Gasteiger partial charge >= 0.3 is 6.03 Å². The number of nitrogen functional groups attached to an aromatic ring is 1. The Labute approximate surface area is 204 Å². The molecular formula is C29H26N4O2. The fourth-order valence-corrected chi connectivity index (χ4v) is 4.56. The van der Waals surface area contributed by atoms with Gasteiger partial charge in [-0.05, 0) is 33.5 Å².